The lowest BCUT2D eigenvalue weighted by Crippen LogP contribution is -2.44. The van der Waals surface area contributed by atoms with Gasteiger partial charge in [0.2, 0.25) is 0 Å². The highest BCUT2D eigenvalue weighted by atomic mass is 32.2. The first-order chi connectivity index (χ1) is 17.1. The van der Waals surface area contributed by atoms with Crippen LogP contribution in [0.2, 0.25) is 0 Å². The average molecular weight is 506 g/mol. The normalized spacial score (nSPS) is 14.5. The fourth-order valence-corrected chi connectivity index (χ4v) is 4.99. The largest absolute Gasteiger partial charge is 0.495 e. The molecular formula is C26H27N5O4S. The van der Waals surface area contributed by atoms with Crippen molar-refractivity contribution in [1.82, 2.24) is 4.31 Å². The molecule has 0 spiro atoms. The number of rotatable bonds is 6. The van der Waals surface area contributed by atoms with E-state index in [1.165, 1.54) is 20.2 Å². The van der Waals surface area contributed by atoms with Crippen molar-refractivity contribution in [3.05, 3.63) is 72.3 Å². The van der Waals surface area contributed by atoms with E-state index in [9.17, 15) is 13.2 Å². The summed E-state index contributed by atoms with van der Waals surface area (Å²) in [5.41, 5.74) is 2.80. The molecule has 4 rings (SSSR count). The maximum Gasteiger partial charge on any atom is 0.278 e. The van der Waals surface area contributed by atoms with Crippen molar-refractivity contribution in [3.8, 4) is 5.75 Å². The van der Waals surface area contributed by atoms with Crippen LogP contribution in [0.5, 0.6) is 5.75 Å². The Labute approximate surface area is 210 Å². The molecule has 0 fully saturated rings. The van der Waals surface area contributed by atoms with Gasteiger partial charge in [-0.15, -0.1) is 0 Å². The third-order valence-electron chi connectivity index (χ3n) is 5.74. The first-order valence-electron chi connectivity index (χ1n) is 11.1. The van der Waals surface area contributed by atoms with E-state index in [4.69, 9.17) is 4.74 Å². The number of para-hydroxylation sites is 3. The number of carbonyl (C=O) groups is 1. The molecule has 10 heteroatoms. The van der Waals surface area contributed by atoms with Crippen molar-refractivity contribution in [2.75, 3.05) is 38.5 Å². The van der Waals surface area contributed by atoms with E-state index in [0.29, 0.717) is 17.1 Å². The van der Waals surface area contributed by atoms with Gasteiger partial charge >= 0.3 is 0 Å². The van der Waals surface area contributed by atoms with Crippen LogP contribution in [0.15, 0.2) is 81.6 Å². The minimum Gasteiger partial charge on any atom is -0.495 e. The van der Waals surface area contributed by atoms with Gasteiger partial charge in [0.05, 0.1) is 24.2 Å². The number of ether oxygens (including phenoxy) is 1. The lowest BCUT2D eigenvalue weighted by Gasteiger charge is -2.27. The second-order valence-electron chi connectivity index (χ2n) is 8.36. The molecule has 0 saturated carbocycles. The van der Waals surface area contributed by atoms with E-state index in [1.54, 1.807) is 48.5 Å². The summed E-state index contributed by atoms with van der Waals surface area (Å²) in [6.07, 6.45) is 0. The Bertz CT molecular complexity index is 1500. The summed E-state index contributed by atoms with van der Waals surface area (Å²) in [5, 5.41) is 2.79. The first kappa shape index (κ1) is 24.9. The number of amides is 1. The van der Waals surface area contributed by atoms with E-state index in [0.717, 1.165) is 15.6 Å². The number of aliphatic imine (C=N–C) groups is 2. The van der Waals surface area contributed by atoms with Crippen molar-refractivity contribution < 1.29 is 17.9 Å². The van der Waals surface area contributed by atoms with Gasteiger partial charge in [-0.1, -0.05) is 24.3 Å². The van der Waals surface area contributed by atoms with Crippen LogP contribution < -0.4 is 15.0 Å². The topological polar surface area (TPSA) is 104 Å². The molecule has 0 unspecified atom stereocenters. The van der Waals surface area contributed by atoms with Gasteiger partial charge in [0, 0.05) is 26.8 Å². The molecular weight excluding hydrogens is 478 g/mol. The van der Waals surface area contributed by atoms with Gasteiger partial charge < -0.3 is 15.0 Å². The number of nitrogens with zero attached hydrogens (tertiary/aromatic N) is 4. The number of anilines is 2. The lowest BCUT2D eigenvalue weighted by atomic mass is 10.1. The van der Waals surface area contributed by atoms with E-state index in [2.05, 4.69) is 15.3 Å². The van der Waals surface area contributed by atoms with Gasteiger partial charge in [0.25, 0.3) is 15.9 Å². The molecule has 3 aromatic rings. The Morgan fingerprint density at radius 1 is 1.06 bits per heavy atom. The van der Waals surface area contributed by atoms with Crippen molar-refractivity contribution in [2.45, 2.75) is 11.8 Å². The number of hydrogen-bond donors (Lipinski definition) is 1. The number of sulfonamides is 1. The molecule has 186 valence electrons. The van der Waals surface area contributed by atoms with Crippen LogP contribution in [0.25, 0.3) is 0 Å². The third kappa shape index (κ3) is 4.67. The maximum absolute atomic E-state index is 13.6. The SMILES string of the molecule is COc1ccccc1NC(=O)C(=Nc1ccc(N(C)C)cc1C)C1=Nc2ccccc2S(=O)(=O)N1C. The maximum atomic E-state index is 13.6. The van der Waals surface area contributed by atoms with Crippen LogP contribution in [-0.2, 0) is 14.8 Å². The number of benzene rings is 3. The second kappa shape index (κ2) is 9.82. The number of carbonyl (C=O) groups excluding carboxylic acids is 1. The van der Waals surface area contributed by atoms with Crippen molar-refractivity contribution in [2.24, 2.45) is 9.98 Å². The third-order valence-corrected chi connectivity index (χ3v) is 7.53. The zero-order valence-corrected chi connectivity index (χ0v) is 21.5. The van der Waals surface area contributed by atoms with E-state index >= 15 is 0 Å². The van der Waals surface area contributed by atoms with Gasteiger partial charge in [-0.05, 0) is 55.0 Å². The molecule has 3 aromatic carbocycles. The highest BCUT2D eigenvalue weighted by Gasteiger charge is 2.36. The molecule has 0 saturated heterocycles. The summed E-state index contributed by atoms with van der Waals surface area (Å²) < 4.78 is 32.9. The molecule has 0 bridgehead atoms. The molecule has 0 atom stereocenters. The Morgan fingerprint density at radius 2 is 1.75 bits per heavy atom. The predicted octanol–water partition coefficient (Wildman–Crippen LogP) is 4.15. The molecule has 1 aliphatic heterocycles. The number of methoxy groups -OCH3 is 1. The zero-order chi connectivity index (χ0) is 26.0. The van der Waals surface area contributed by atoms with Gasteiger partial charge in [-0.2, -0.15) is 0 Å². The quantitative estimate of drug-likeness (QED) is 0.507. The van der Waals surface area contributed by atoms with E-state index in [-0.39, 0.29) is 22.1 Å². The number of fused-ring (bicyclic) bond motifs is 1. The minimum absolute atomic E-state index is 0.0623. The highest BCUT2D eigenvalue weighted by Crippen LogP contribution is 2.33. The van der Waals surface area contributed by atoms with Crippen LogP contribution in [0.1, 0.15) is 5.56 Å². The predicted molar refractivity (Wildman–Crippen MR) is 143 cm³/mol. The molecule has 1 amide bonds. The lowest BCUT2D eigenvalue weighted by molar-refractivity contribution is -0.110. The summed E-state index contributed by atoms with van der Waals surface area (Å²) in [6, 6.07) is 18.9. The van der Waals surface area contributed by atoms with Crippen LogP contribution in [0, 0.1) is 6.92 Å². The number of aryl methyl sites for hydroxylation is 1. The Kier molecular flexibility index (Phi) is 6.80. The molecule has 0 aliphatic carbocycles. The fraction of sp³-hybridized carbons (Fsp3) is 0.192. The van der Waals surface area contributed by atoms with Crippen LogP contribution in [0.4, 0.5) is 22.7 Å². The Hall–Kier alpha value is -4.18. The number of hydrogen-bond acceptors (Lipinski definition) is 7. The summed E-state index contributed by atoms with van der Waals surface area (Å²) in [6.45, 7) is 1.88. The summed E-state index contributed by atoms with van der Waals surface area (Å²) in [5.74, 6) is -0.262. The van der Waals surface area contributed by atoms with Crippen LogP contribution in [-0.4, -0.2) is 58.4 Å². The molecule has 1 aliphatic rings. The summed E-state index contributed by atoms with van der Waals surface area (Å²) >= 11 is 0. The Balaban J connectivity index is 1.88. The average Bonchev–Trinajstić information content (AvgIpc) is 2.86. The second-order valence-corrected chi connectivity index (χ2v) is 10.3. The standard InChI is InChI=1S/C26H27N5O4S/c1-17-16-18(30(2)3)14-15-19(17)27-24(26(32)29-20-10-6-8-12-22(20)35-5)25-28-21-11-7-9-13-23(21)36(33,34)31(25)4/h6-16H,1-5H3,(H,29,32). The van der Waals surface area contributed by atoms with Crippen LogP contribution in [0.3, 0.4) is 0 Å². The molecule has 1 N–H and O–H groups in total. The number of amidine groups is 1. The fourth-order valence-electron chi connectivity index (χ4n) is 3.71. The number of nitrogens with one attached hydrogen (secondary N) is 1. The van der Waals surface area contributed by atoms with Gasteiger partial charge in [0.15, 0.2) is 11.5 Å². The molecule has 36 heavy (non-hydrogen) atoms. The monoisotopic (exact) mass is 505 g/mol. The van der Waals surface area contributed by atoms with Gasteiger partial charge in [-0.3, -0.25) is 9.10 Å². The smallest absolute Gasteiger partial charge is 0.278 e. The highest BCUT2D eigenvalue weighted by molar-refractivity contribution is 7.90. The zero-order valence-electron chi connectivity index (χ0n) is 20.7. The molecule has 1 heterocycles. The van der Waals surface area contributed by atoms with E-state index in [1.807, 2.05) is 38.1 Å². The Morgan fingerprint density at radius 3 is 2.44 bits per heavy atom. The molecule has 0 radical (unpaired) electrons. The van der Waals surface area contributed by atoms with Crippen molar-refractivity contribution in [3.63, 3.8) is 0 Å². The minimum atomic E-state index is -3.94. The molecule has 0 aromatic heterocycles. The van der Waals surface area contributed by atoms with Gasteiger partial charge in [0.1, 0.15) is 10.6 Å². The van der Waals surface area contributed by atoms with Gasteiger partial charge in [-0.25, -0.2) is 18.4 Å². The summed E-state index contributed by atoms with van der Waals surface area (Å²) in [4.78, 5) is 24.8. The molecule has 9 nitrogen and oxygen atoms in total. The van der Waals surface area contributed by atoms with Crippen molar-refractivity contribution >= 4 is 50.2 Å². The van der Waals surface area contributed by atoms with Crippen molar-refractivity contribution in [1.29, 1.82) is 0 Å². The summed E-state index contributed by atoms with van der Waals surface area (Å²) in [7, 11) is 2.77. The van der Waals surface area contributed by atoms with E-state index < -0.39 is 15.9 Å². The first-order valence-corrected chi connectivity index (χ1v) is 12.6. The van der Waals surface area contributed by atoms with Crippen LogP contribution >= 0.6 is 0 Å².